The largest absolute Gasteiger partial charge is 0.497 e. The van der Waals surface area contributed by atoms with E-state index in [4.69, 9.17) is 16.3 Å². The molecule has 9 nitrogen and oxygen atoms in total. The first kappa shape index (κ1) is 23.7. The van der Waals surface area contributed by atoms with Crippen molar-refractivity contribution in [2.75, 3.05) is 30.8 Å². The zero-order valence-electron chi connectivity index (χ0n) is 18.3. The quantitative estimate of drug-likeness (QED) is 0.531. The van der Waals surface area contributed by atoms with E-state index in [1.165, 1.54) is 0 Å². The highest BCUT2D eigenvalue weighted by Crippen LogP contribution is 2.23. The number of piperidine rings is 1. The number of carbonyl (C=O) groups is 3. The molecule has 2 N–H and O–H groups in total. The zero-order valence-corrected chi connectivity index (χ0v) is 19.9. The number of nitrogens with one attached hydrogen (secondary N) is 2. The van der Waals surface area contributed by atoms with Crippen molar-refractivity contribution in [1.82, 2.24) is 15.1 Å². The molecular weight excluding hydrogens is 478 g/mol. The Labute approximate surface area is 205 Å². The summed E-state index contributed by atoms with van der Waals surface area (Å²) >= 11 is 6.85. The summed E-state index contributed by atoms with van der Waals surface area (Å²) in [5.41, 5.74) is 1.18. The second kappa shape index (κ2) is 10.6. The second-order valence-electron chi connectivity index (χ2n) is 7.68. The lowest BCUT2D eigenvalue weighted by atomic mass is 9.97. The number of carbonyl (C=O) groups excluding carboxylic acids is 3. The summed E-state index contributed by atoms with van der Waals surface area (Å²) in [6, 6.07) is 13.8. The third-order valence-corrected chi connectivity index (χ3v) is 6.47. The molecule has 1 saturated heterocycles. The predicted molar refractivity (Wildman–Crippen MR) is 130 cm³/mol. The minimum atomic E-state index is -0.478. The van der Waals surface area contributed by atoms with Gasteiger partial charge in [-0.15, -0.1) is 10.2 Å². The van der Waals surface area contributed by atoms with E-state index >= 15 is 0 Å². The smallest absolute Gasteiger partial charge is 0.286 e. The molecule has 0 aliphatic carbocycles. The Bertz CT molecular complexity index is 1200. The average Bonchev–Trinajstić information content (AvgIpc) is 3.35. The number of amides is 3. The summed E-state index contributed by atoms with van der Waals surface area (Å²) < 4.78 is 5.13. The van der Waals surface area contributed by atoms with Crippen molar-refractivity contribution in [2.24, 2.45) is 5.92 Å². The molecule has 1 fully saturated rings. The van der Waals surface area contributed by atoms with Crippen molar-refractivity contribution in [1.29, 1.82) is 0 Å². The second-order valence-corrected chi connectivity index (χ2v) is 9.10. The molecular formula is C23H22ClN5O4S. The number of aromatic nitrogens is 2. The SMILES string of the molecule is COc1ccc(NC(=O)C2CCCN(C(=O)c3nnc(C(=O)Nc4cccc(Cl)c4)s3)C2)cc1. The molecule has 34 heavy (non-hydrogen) atoms. The van der Waals surface area contributed by atoms with E-state index < -0.39 is 5.91 Å². The van der Waals surface area contributed by atoms with E-state index in [0.29, 0.717) is 41.5 Å². The van der Waals surface area contributed by atoms with Crippen molar-refractivity contribution in [3.63, 3.8) is 0 Å². The first-order valence-corrected chi connectivity index (χ1v) is 11.8. The van der Waals surface area contributed by atoms with Gasteiger partial charge in [0.25, 0.3) is 11.8 Å². The Kier molecular flexibility index (Phi) is 7.39. The molecule has 3 amide bonds. The van der Waals surface area contributed by atoms with Gasteiger partial charge in [-0.1, -0.05) is 29.0 Å². The van der Waals surface area contributed by atoms with Crippen LogP contribution in [0.3, 0.4) is 0 Å². The number of likely N-dealkylation sites (tertiary alicyclic amines) is 1. The van der Waals surface area contributed by atoms with Crippen LogP contribution in [0.15, 0.2) is 48.5 Å². The molecule has 11 heteroatoms. The van der Waals surface area contributed by atoms with Crippen LogP contribution >= 0.6 is 22.9 Å². The van der Waals surface area contributed by atoms with Crippen LogP contribution in [0.2, 0.25) is 5.02 Å². The molecule has 4 rings (SSSR count). The number of ether oxygens (including phenoxy) is 1. The predicted octanol–water partition coefficient (Wildman–Crippen LogP) is 3.94. The fraction of sp³-hybridized carbons (Fsp3) is 0.261. The van der Waals surface area contributed by atoms with E-state index in [1.807, 2.05) is 0 Å². The fourth-order valence-corrected chi connectivity index (χ4v) is 4.48. The minimum absolute atomic E-state index is 0.0640. The van der Waals surface area contributed by atoms with Crippen molar-refractivity contribution in [3.8, 4) is 5.75 Å². The van der Waals surface area contributed by atoms with Gasteiger partial charge in [0.1, 0.15) is 5.75 Å². The molecule has 2 heterocycles. The van der Waals surface area contributed by atoms with Gasteiger partial charge < -0.3 is 20.3 Å². The van der Waals surface area contributed by atoms with Crippen LogP contribution in [0.25, 0.3) is 0 Å². The summed E-state index contributed by atoms with van der Waals surface area (Å²) in [4.78, 5) is 39.8. The number of rotatable bonds is 6. The lowest BCUT2D eigenvalue weighted by molar-refractivity contribution is -0.121. The van der Waals surface area contributed by atoms with Crippen LogP contribution in [-0.4, -0.2) is 53.0 Å². The maximum atomic E-state index is 13.0. The van der Waals surface area contributed by atoms with Gasteiger partial charge in [-0.2, -0.15) is 0 Å². The first-order valence-electron chi connectivity index (χ1n) is 10.6. The standard InChI is InChI=1S/C23H22ClN5O4S/c1-33-18-9-7-16(8-10-18)25-19(30)14-4-3-11-29(13-14)23(32)22-28-27-21(34-22)20(31)26-17-6-2-5-15(24)12-17/h2,5-10,12,14H,3-4,11,13H2,1H3,(H,25,30)(H,26,31). The van der Waals surface area contributed by atoms with E-state index in [2.05, 4.69) is 20.8 Å². The Balaban J connectivity index is 1.36. The monoisotopic (exact) mass is 499 g/mol. The molecule has 1 aliphatic rings. The number of methoxy groups -OCH3 is 1. The Morgan fingerprint density at radius 1 is 1.06 bits per heavy atom. The van der Waals surface area contributed by atoms with Gasteiger partial charge in [-0.05, 0) is 55.3 Å². The third-order valence-electron chi connectivity index (χ3n) is 5.32. The fourth-order valence-electron chi connectivity index (χ4n) is 3.58. The van der Waals surface area contributed by atoms with E-state index in [1.54, 1.807) is 60.5 Å². The van der Waals surface area contributed by atoms with E-state index in [9.17, 15) is 14.4 Å². The molecule has 3 aromatic rings. The first-order chi connectivity index (χ1) is 16.4. The van der Waals surface area contributed by atoms with Gasteiger partial charge in [-0.25, -0.2) is 0 Å². The topological polar surface area (TPSA) is 114 Å². The summed E-state index contributed by atoms with van der Waals surface area (Å²) in [6.45, 7) is 0.777. The molecule has 1 aromatic heterocycles. The summed E-state index contributed by atoms with van der Waals surface area (Å²) in [5.74, 6) is -0.625. The van der Waals surface area contributed by atoms with Crippen molar-refractivity contribution >= 4 is 52.0 Å². The highest BCUT2D eigenvalue weighted by atomic mass is 35.5. The minimum Gasteiger partial charge on any atom is -0.497 e. The number of halogens is 1. The van der Waals surface area contributed by atoms with Gasteiger partial charge in [0.2, 0.25) is 15.9 Å². The molecule has 2 aromatic carbocycles. The molecule has 176 valence electrons. The van der Waals surface area contributed by atoms with Crippen LogP contribution in [0.1, 0.15) is 32.4 Å². The maximum Gasteiger partial charge on any atom is 0.286 e. The summed E-state index contributed by atoms with van der Waals surface area (Å²) in [6.07, 6.45) is 1.36. The number of anilines is 2. The highest BCUT2D eigenvalue weighted by Gasteiger charge is 2.31. The molecule has 0 spiro atoms. The van der Waals surface area contributed by atoms with Gasteiger partial charge in [-0.3, -0.25) is 14.4 Å². The lowest BCUT2D eigenvalue weighted by Gasteiger charge is -2.31. The van der Waals surface area contributed by atoms with Crippen LogP contribution in [0, 0.1) is 5.92 Å². The number of nitrogens with zero attached hydrogens (tertiary/aromatic N) is 3. The number of hydrogen-bond acceptors (Lipinski definition) is 7. The Morgan fingerprint density at radius 3 is 2.56 bits per heavy atom. The van der Waals surface area contributed by atoms with Crippen molar-refractivity contribution < 1.29 is 19.1 Å². The number of benzene rings is 2. The molecule has 1 aliphatic heterocycles. The molecule has 1 atom stereocenters. The zero-order chi connectivity index (χ0) is 24.1. The lowest BCUT2D eigenvalue weighted by Crippen LogP contribution is -2.43. The van der Waals surface area contributed by atoms with Crippen molar-refractivity contribution in [3.05, 3.63) is 63.6 Å². The van der Waals surface area contributed by atoms with Crippen LogP contribution < -0.4 is 15.4 Å². The molecule has 0 radical (unpaired) electrons. The summed E-state index contributed by atoms with van der Waals surface area (Å²) in [5, 5.41) is 14.0. The van der Waals surface area contributed by atoms with Gasteiger partial charge in [0.15, 0.2) is 0 Å². The summed E-state index contributed by atoms with van der Waals surface area (Å²) in [7, 11) is 1.58. The third kappa shape index (κ3) is 5.70. The van der Waals surface area contributed by atoms with Crippen LogP contribution in [0.4, 0.5) is 11.4 Å². The Hall–Kier alpha value is -3.50. The van der Waals surface area contributed by atoms with Crippen LogP contribution in [-0.2, 0) is 4.79 Å². The van der Waals surface area contributed by atoms with Crippen molar-refractivity contribution in [2.45, 2.75) is 12.8 Å². The van der Waals surface area contributed by atoms with Gasteiger partial charge >= 0.3 is 0 Å². The average molecular weight is 500 g/mol. The Morgan fingerprint density at radius 2 is 1.82 bits per heavy atom. The van der Waals surface area contributed by atoms with E-state index in [0.717, 1.165) is 11.3 Å². The number of hydrogen-bond donors (Lipinski definition) is 2. The van der Waals surface area contributed by atoms with E-state index in [-0.39, 0.29) is 34.3 Å². The van der Waals surface area contributed by atoms with Crippen LogP contribution in [0.5, 0.6) is 5.75 Å². The van der Waals surface area contributed by atoms with Gasteiger partial charge in [0, 0.05) is 29.5 Å². The molecule has 0 saturated carbocycles. The molecule has 0 bridgehead atoms. The maximum absolute atomic E-state index is 13.0. The highest BCUT2D eigenvalue weighted by molar-refractivity contribution is 7.15. The van der Waals surface area contributed by atoms with Gasteiger partial charge in [0.05, 0.1) is 13.0 Å². The molecule has 1 unspecified atom stereocenters. The normalized spacial score (nSPS) is 15.5.